The van der Waals surface area contributed by atoms with Gasteiger partial charge < -0.3 is 9.88 Å². The van der Waals surface area contributed by atoms with E-state index in [0.29, 0.717) is 18.9 Å². The lowest BCUT2D eigenvalue weighted by Crippen LogP contribution is -2.33. The van der Waals surface area contributed by atoms with Crippen LogP contribution >= 0.6 is 0 Å². The summed E-state index contributed by atoms with van der Waals surface area (Å²) in [6, 6.07) is 0.575. The molecule has 1 aliphatic rings. The van der Waals surface area contributed by atoms with E-state index in [1.54, 1.807) is 6.20 Å². The fourth-order valence-corrected chi connectivity index (χ4v) is 3.55. The van der Waals surface area contributed by atoms with Gasteiger partial charge in [-0.2, -0.15) is 0 Å². The van der Waals surface area contributed by atoms with E-state index in [1.165, 1.54) is 0 Å². The molecule has 0 amide bonds. The molecule has 96 valence electrons. The average molecular weight is 257 g/mol. The molecular formula is C11H19N3O2S. The summed E-state index contributed by atoms with van der Waals surface area (Å²) in [5.74, 6) is 1.41. The number of hydrogen-bond acceptors (Lipinski definition) is 4. The van der Waals surface area contributed by atoms with Crippen molar-refractivity contribution in [2.45, 2.75) is 38.8 Å². The molecule has 0 saturated carbocycles. The van der Waals surface area contributed by atoms with Crippen molar-refractivity contribution >= 4 is 15.8 Å². The number of anilines is 1. The molecule has 0 radical (unpaired) electrons. The van der Waals surface area contributed by atoms with Crippen LogP contribution < -0.4 is 5.32 Å². The Morgan fingerprint density at radius 3 is 2.65 bits per heavy atom. The molecule has 2 heterocycles. The monoisotopic (exact) mass is 257 g/mol. The quantitative estimate of drug-likeness (QED) is 0.890. The molecule has 1 fully saturated rings. The summed E-state index contributed by atoms with van der Waals surface area (Å²) in [6.45, 7) is 4.19. The second-order valence-corrected chi connectivity index (χ2v) is 7.13. The smallest absolute Gasteiger partial charge is 0.203 e. The number of nitrogens with one attached hydrogen (secondary N) is 1. The van der Waals surface area contributed by atoms with Gasteiger partial charge in [0.15, 0.2) is 0 Å². The van der Waals surface area contributed by atoms with Crippen LogP contribution in [0.3, 0.4) is 0 Å². The van der Waals surface area contributed by atoms with Crippen LogP contribution in [0.4, 0.5) is 5.95 Å². The first kappa shape index (κ1) is 12.4. The van der Waals surface area contributed by atoms with E-state index >= 15 is 0 Å². The number of hydrogen-bond donors (Lipinski definition) is 1. The zero-order valence-electron chi connectivity index (χ0n) is 10.3. The van der Waals surface area contributed by atoms with E-state index in [9.17, 15) is 8.42 Å². The summed E-state index contributed by atoms with van der Waals surface area (Å²) in [4.78, 5) is 4.27. The molecule has 0 atom stereocenters. The highest BCUT2D eigenvalue weighted by Gasteiger charge is 2.24. The first-order valence-electron chi connectivity index (χ1n) is 5.98. The predicted molar refractivity (Wildman–Crippen MR) is 67.9 cm³/mol. The predicted octanol–water partition coefficient (Wildman–Crippen LogP) is 1.45. The molecule has 1 N–H and O–H groups in total. The van der Waals surface area contributed by atoms with Crippen LogP contribution in [0.25, 0.3) is 0 Å². The topological polar surface area (TPSA) is 64.0 Å². The number of rotatable bonds is 3. The largest absolute Gasteiger partial charge is 0.353 e. The summed E-state index contributed by atoms with van der Waals surface area (Å²) in [5.41, 5.74) is 0. The van der Waals surface area contributed by atoms with Crippen LogP contribution in [-0.4, -0.2) is 35.5 Å². The molecule has 1 saturated heterocycles. The van der Waals surface area contributed by atoms with Crippen LogP contribution in [0.5, 0.6) is 0 Å². The van der Waals surface area contributed by atoms with Crippen LogP contribution in [0.1, 0.15) is 32.7 Å². The minimum absolute atomic E-state index is 0.221. The molecule has 0 unspecified atom stereocenters. The Morgan fingerprint density at radius 2 is 2.06 bits per heavy atom. The molecule has 0 aliphatic carbocycles. The molecule has 17 heavy (non-hydrogen) atoms. The fraction of sp³-hybridized carbons (Fsp3) is 0.727. The first-order valence-corrected chi connectivity index (χ1v) is 7.80. The van der Waals surface area contributed by atoms with Crippen molar-refractivity contribution in [3.8, 4) is 0 Å². The van der Waals surface area contributed by atoms with E-state index in [0.717, 1.165) is 5.95 Å². The maximum absolute atomic E-state index is 11.3. The molecule has 0 aromatic carbocycles. The maximum Gasteiger partial charge on any atom is 0.203 e. The third kappa shape index (κ3) is 3.00. The lowest BCUT2D eigenvalue weighted by Gasteiger charge is -2.24. The van der Waals surface area contributed by atoms with Gasteiger partial charge in [-0.15, -0.1) is 0 Å². The van der Waals surface area contributed by atoms with E-state index in [1.807, 2.05) is 6.20 Å². The van der Waals surface area contributed by atoms with Crippen LogP contribution in [0, 0.1) is 0 Å². The van der Waals surface area contributed by atoms with Crippen molar-refractivity contribution in [3.05, 3.63) is 12.4 Å². The third-order valence-corrected chi connectivity index (χ3v) is 4.83. The summed E-state index contributed by atoms with van der Waals surface area (Å²) in [5, 5.41) is 3.34. The van der Waals surface area contributed by atoms with E-state index in [4.69, 9.17) is 0 Å². The van der Waals surface area contributed by atoms with Crippen molar-refractivity contribution in [1.29, 1.82) is 0 Å². The number of imidazole rings is 1. The van der Waals surface area contributed by atoms with Gasteiger partial charge >= 0.3 is 0 Å². The lowest BCUT2D eigenvalue weighted by atomic mass is 10.2. The van der Waals surface area contributed by atoms with Gasteiger partial charge in [0.25, 0.3) is 0 Å². The Morgan fingerprint density at radius 1 is 1.41 bits per heavy atom. The molecule has 0 bridgehead atoms. The molecular weight excluding hydrogens is 238 g/mol. The molecule has 0 spiro atoms. The van der Waals surface area contributed by atoms with Crippen LogP contribution in [-0.2, 0) is 9.84 Å². The van der Waals surface area contributed by atoms with Gasteiger partial charge in [-0.25, -0.2) is 13.4 Å². The zero-order chi connectivity index (χ0) is 12.5. The molecule has 2 rings (SSSR count). The highest BCUT2D eigenvalue weighted by atomic mass is 32.2. The lowest BCUT2D eigenvalue weighted by molar-refractivity contribution is 0.550. The maximum atomic E-state index is 11.3. The van der Waals surface area contributed by atoms with Gasteiger partial charge in [0.1, 0.15) is 9.84 Å². The Labute approximate surface area is 102 Å². The van der Waals surface area contributed by atoms with Gasteiger partial charge in [-0.05, 0) is 26.7 Å². The molecule has 1 aliphatic heterocycles. The van der Waals surface area contributed by atoms with Gasteiger partial charge in [-0.3, -0.25) is 0 Å². The van der Waals surface area contributed by atoms with Crippen LogP contribution in [0.15, 0.2) is 12.4 Å². The van der Waals surface area contributed by atoms with E-state index in [-0.39, 0.29) is 17.5 Å². The Balaban J connectivity index is 2.00. The van der Waals surface area contributed by atoms with E-state index < -0.39 is 9.84 Å². The van der Waals surface area contributed by atoms with Crippen molar-refractivity contribution in [2.24, 2.45) is 0 Å². The molecule has 6 heteroatoms. The van der Waals surface area contributed by atoms with Gasteiger partial charge in [-0.1, -0.05) is 0 Å². The minimum Gasteiger partial charge on any atom is -0.353 e. The van der Waals surface area contributed by atoms with Gasteiger partial charge in [0.2, 0.25) is 5.95 Å². The van der Waals surface area contributed by atoms with Crippen molar-refractivity contribution in [1.82, 2.24) is 9.55 Å². The van der Waals surface area contributed by atoms with Crippen LogP contribution in [0.2, 0.25) is 0 Å². The van der Waals surface area contributed by atoms with Gasteiger partial charge in [0.05, 0.1) is 11.5 Å². The third-order valence-electron chi connectivity index (χ3n) is 3.11. The summed E-state index contributed by atoms with van der Waals surface area (Å²) < 4.78 is 24.7. The van der Waals surface area contributed by atoms with Crippen molar-refractivity contribution in [2.75, 3.05) is 16.8 Å². The highest BCUT2D eigenvalue weighted by molar-refractivity contribution is 7.91. The Hall–Kier alpha value is -1.04. The van der Waals surface area contributed by atoms with Crippen molar-refractivity contribution in [3.63, 3.8) is 0 Å². The number of sulfone groups is 1. The second kappa shape index (κ2) is 4.68. The number of nitrogens with zero attached hydrogens (tertiary/aromatic N) is 2. The Kier molecular flexibility index (Phi) is 3.42. The molecule has 5 nitrogen and oxygen atoms in total. The number of aromatic nitrogens is 2. The van der Waals surface area contributed by atoms with E-state index in [2.05, 4.69) is 28.7 Å². The summed E-state index contributed by atoms with van der Waals surface area (Å²) in [7, 11) is -2.79. The molecule has 1 aromatic heterocycles. The SMILES string of the molecule is CC(C)n1ccnc1NC1CCS(=O)(=O)CC1. The fourth-order valence-electron chi connectivity index (χ4n) is 2.06. The summed E-state index contributed by atoms with van der Waals surface area (Å²) >= 11 is 0. The van der Waals surface area contributed by atoms with Crippen molar-refractivity contribution < 1.29 is 8.42 Å². The first-order chi connectivity index (χ1) is 7.98. The average Bonchev–Trinajstić information content (AvgIpc) is 2.69. The summed E-state index contributed by atoms with van der Waals surface area (Å²) in [6.07, 6.45) is 5.05. The standard InChI is InChI=1S/C11H19N3O2S/c1-9(2)14-6-5-12-11(14)13-10-3-7-17(15,16)8-4-10/h5-6,9-10H,3-4,7-8H2,1-2H3,(H,12,13). The highest BCUT2D eigenvalue weighted by Crippen LogP contribution is 2.19. The minimum atomic E-state index is -2.79. The second-order valence-electron chi connectivity index (χ2n) is 4.82. The molecule has 1 aromatic rings. The Bertz CT molecular complexity index is 465. The zero-order valence-corrected chi connectivity index (χ0v) is 11.1. The normalized spacial score (nSPS) is 20.6. The van der Waals surface area contributed by atoms with Gasteiger partial charge in [0, 0.05) is 24.5 Å².